The maximum atomic E-state index is 5.51. The highest BCUT2D eigenvalue weighted by Gasteiger charge is 2.23. The minimum Gasteiger partial charge on any atom is -0.495 e. The van der Waals surface area contributed by atoms with Gasteiger partial charge in [0.15, 0.2) is 16.6 Å². The third-order valence-electron chi connectivity index (χ3n) is 4.89. The number of aromatic nitrogens is 1. The zero-order valence-corrected chi connectivity index (χ0v) is 16.7. The molecule has 7 heteroatoms. The summed E-state index contributed by atoms with van der Waals surface area (Å²) < 4.78 is 22.9. The molecule has 27 heavy (non-hydrogen) atoms. The number of hydrogen-bond acceptors (Lipinski definition) is 7. The van der Waals surface area contributed by atoms with Crippen LogP contribution in [-0.4, -0.2) is 40.0 Å². The van der Waals surface area contributed by atoms with Gasteiger partial charge < -0.3 is 23.8 Å². The lowest BCUT2D eigenvalue weighted by Crippen LogP contribution is -2.30. The largest absolute Gasteiger partial charge is 0.495 e. The average molecular weight is 386 g/mol. The van der Waals surface area contributed by atoms with Crippen molar-refractivity contribution < 1.29 is 18.9 Å². The number of methoxy groups -OCH3 is 4. The molecule has 0 fully saturated rings. The number of anilines is 1. The van der Waals surface area contributed by atoms with E-state index in [1.165, 1.54) is 11.1 Å². The molecule has 0 saturated heterocycles. The first-order valence-electron chi connectivity index (χ1n) is 8.68. The molecule has 0 N–H and O–H groups in total. The molecule has 0 bridgehead atoms. The van der Waals surface area contributed by atoms with Gasteiger partial charge in [-0.05, 0) is 41.8 Å². The first-order chi connectivity index (χ1) is 13.2. The Kier molecular flexibility index (Phi) is 4.70. The van der Waals surface area contributed by atoms with E-state index in [1.807, 2.05) is 12.1 Å². The van der Waals surface area contributed by atoms with E-state index in [9.17, 15) is 0 Å². The quantitative estimate of drug-likeness (QED) is 0.663. The molecule has 0 amide bonds. The van der Waals surface area contributed by atoms with Gasteiger partial charge >= 0.3 is 0 Å². The van der Waals surface area contributed by atoms with E-state index < -0.39 is 0 Å². The van der Waals surface area contributed by atoms with Gasteiger partial charge in [0.1, 0.15) is 21.7 Å². The second kappa shape index (κ2) is 7.15. The fourth-order valence-corrected chi connectivity index (χ4v) is 4.56. The van der Waals surface area contributed by atoms with Crippen LogP contribution in [0.2, 0.25) is 0 Å². The van der Waals surface area contributed by atoms with Gasteiger partial charge in [-0.15, -0.1) is 0 Å². The van der Waals surface area contributed by atoms with Crippen molar-refractivity contribution in [3.63, 3.8) is 0 Å². The summed E-state index contributed by atoms with van der Waals surface area (Å²) in [6.45, 7) is 1.67. The smallest absolute Gasteiger partial charge is 0.187 e. The average Bonchev–Trinajstić information content (AvgIpc) is 3.17. The van der Waals surface area contributed by atoms with Gasteiger partial charge in [0.05, 0.1) is 28.4 Å². The molecular formula is C20H22N2O4S. The summed E-state index contributed by atoms with van der Waals surface area (Å²) in [6, 6.07) is 7.96. The van der Waals surface area contributed by atoms with Crippen LogP contribution in [0, 0.1) is 0 Å². The van der Waals surface area contributed by atoms with Crippen LogP contribution < -0.4 is 23.8 Å². The summed E-state index contributed by atoms with van der Waals surface area (Å²) in [5.74, 6) is 3.11. The minimum absolute atomic E-state index is 0.755. The van der Waals surface area contributed by atoms with Crippen LogP contribution in [0.5, 0.6) is 23.0 Å². The third kappa shape index (κ3) is 3.02. The number of fused-ring (bicyclic) bond motifs is 2. The van der Waals surface area contributed by atoms with Gasteiger partial charge in [0.25, 0.3) is 0 Å². The molecule has 0 spiro atoms. The number of ether oxygens (including phenoxy) is 4. The molecule has 4 rings (SSSR count). The Morgan fingerprint density at radius 2 is 1.48 bits per heavy atom. The highest BCUT2D eigenvalue weighted by Crippen LogP contribution is 2.41. The van der Waals surface area contributed by atoms with E-state index in [-0.39, 0.29) is 0 Å². The normalized spacial score (nSPS) is 13.4. The van der Waals surface area contributed by atoms with E-state index in [0.29, 0.717) is 0 Å². The lowest BCUT2D eigenvalue weighted by Gasteiger charge is -2.29. The molecule has 2 heterocycles. The van der Waals surface area contributed by atoms with Crippen LogP contribution in [0.4, 0.5) is 5.13 Å². The second-order valence-electron chi connectivity index (χ2n) is 6.29. The lowest BCUT2D eigenvalue weighted by molar-refractivity contribution is 0.353. The Bertz CT molecular complexity index is 945. The van der Waals surface area contributed by atoms with Crippen molar-refractivity contribution in [2.75, 3.05) is 39.9 Å². The van der Waals surface area contributed by atoms with Crippen molar-refractivity contribution in [3.8, 4) is 23.0 Å². The second-order valence-corrected chi connectivity index (χ2v) is 7.27. The third-order valence-corrected chi connectivity index (χ3v) is 6.02. The van der Waals surface area contributed by atoms with Crippen molar-refractivity contribution in [1.82, 2.24) is 4.98 Å². The molecule has 1 aromatic heterocycles. The molecule has 0 aliphatic carbocycles. The minimum atomic E-state index is 0.755. The van der Waals surface area contributed by atoms with Gasteiger partial charge in [-0.2, -0.15) is 0 Å². The van der Waals surface area contributed by atoms with Crippen molar-refractivity contribution in [2.45, 2.75) is 13.0 Å². The molecule has 6 nitrogen and oxygen atoms in total. The Hall–Kier alpha value is -2.67. The predicted molar refractivity (Wildman–Crippen MR) is 107 cm³/mol. The van der Waals surface area contributed by atoms with Gasteiger partial charge in [-0.3, -0.25) is 0 Å². The van der Waals surface area contributed by atoms with Gasteiger partial charge in [-0.25, -0.2) is 4.98 Å². The van der Waals surface area contributed by atoms with E-state index in [2.05, 4.69) is 17.0 Å². The molecule has 0 radical (unpaired) electrons. The molecule has 142 valence electrons. The Balaban J connectivity index is 1.71. The van der Waals surface area contributed by atoms with Gasteiger partial charge in [0.2, 0.25) is 0 Å². The Morgan fingerprint density at radius 1 is 0.852 bits per heavy atom. The zero-order valence-electron chi connectivity index (χ0n) is 15.9. The van der Waals surface area contributed by atoms with E-state index in [0.717, 1.165) is 57.9 Å². The summed E-state index contributed by atoms with van der Waals surface area (Å²) in [6.07, 6.45) is 0.930. The molecular weight excluding hydrogens is 364 g/mol. The Morgan fingerprint density at radius 3 is 2.15 bits per heavy atom. The number of rotatable bonds is 5. The summed E-state index contributed by atoms with van der Waals surface area (Å²) in [5.41, 5.74) is 3.37. The molecule has 3 aromatic rings. The fourth-order valence-electron chi connectivity index (χ4n) is 3.46. The van der Waals surface area contributed by atoms with Crippen LogP contribution in [0.1, 0.15) is 11.1 Å². The monoisotopic (exact) mass is 386 g/mol. The van der Waals surface area contributed by atoms with Crippen LogP contribution in [-0.2, 0) is 13.0 Å². The number of hydrogen-bond donors (Lipinski definition) is 0. The summed E-state index contributed by atoms with van der Waals surface area (Å²) in [5, 5.41) is 0.966. The van der Waals surface area contributed by atoms with Crippen molar-refractivity contribution in [3.05, 3.63) is 35.4 Å². The number of benzene rings is 2. The van der Waals surface area contributed by atoms with E-state index in [1.54, 1.807) is 39.8 Å². The molecule has 1 aliphatic heterocycles. The van der Waals surface area contributed by atoms with E-state index >= 15 is 0 Å². The lowest BCUT2D eigenvalue weighted by atomic mass is 9.99. The highest BCUT2D eigenvalue weighted by atomic mass is 32.1. The SMILES string of the molecule is COc1cc2c(cc1OC)CN(c1nc3c(OC)ccc(OC)c3s1)CC2. The maximum absolute atomic E-state index is 5.51. The number of thiazole rings is 1. The van der Waals surface area contributed by atoms with Crippen molar-refractivity contribution >= 4 is 26.7 Å². The van der Waals surface area contributed by atoms with Crippen LogP contribution >= 0.6 is 11.3 Å². The summed E-state index contributed by atoms with van der Waals surface area (Å²) in [4.78, 5) is 7.14. The van der Waals surface area contributed by atoms with Crippen molar-refractivity contribution in [1.29, 1.82) is 0 Å². The zero-order chi connectivity index (χ0) is 19.0. The van der Waals surface area contributed by atoms with Crippen molar-refractivity contribution in [2.24, 2.45) is 0 Å². The molecule has 1 aliphatic rings. The van der Waals surface area contributed by atoms with E-state index in [4.69, 9.17) is 23.9 Å². The molecule has 0 unspecified atom stereocenters. The maximum Gasteiger partial charge on any atom is 0.187 e. The van der Waals surface area contributed by atoms with Crippen LogP contribution in [0.3, 0.4) is 0 Å². The highest BCUT2D eigenvalue weighted by molar-refractivity contribution is 7.22. The first-order valence-corrected chi connectivity index (χ1v) is 9.50. The predicted octanol–water partition coefficient (Wildman–Crippen LogP) is 3.89. The van der Waals surface area contributed by atoms with Crippen LogP contribution in [0.25, 0.3) is 10.2 Å². The van der Waals surface area contributed by atoms with Gasteiger partial charge in [-0.1, -0.05) is 11.3 Å². The molecule has 0 atom stereocenters. The first kappa shape index (κ1) is 17.7. The molecule has 0 saturated carbocycles. The Labute approximate surface area is 162 Å². The summed E-state index contributed by atoms with van der Waals surface area (Å²) >= 11 is 1.63. The fraction of sp³-hybridized carbons (Fsp3) is 0.350. The van der Waals surface area contributed by atoms with Gasteiger partial charge in [0, 0.05) is 13.1 Å². The molecule has 2 aromatic carbocycles. The standard InChI is InChI=1S/C20H22N2O4S/c1-23-14-5-6-15(24-2)19-18(14)21-20(27-19)22-8-7-12-9-16(25-3)17(26-4)10-13(12)11-22/h5-6,9-10H,7-8,11H2,1-4H3. The van der Waals surface area contributed by atoms with Crippen LogP contribution in [0.15, 0.2) is 24.3 Å². The summed E-state index contributed by atoms with van der Waals surface area (Å²) in [7, 11) is 6.67. The topological polar surface area (TPSA) is 53.1 Å². The number of nitrogens with zero attached hydrogens (tertiary/aromatic N) is 2.